The molecule has 0 aliphatic heterocycles. The molecule has 0 atom stereocenters. The van der Waals surface area contributed by atoms with Gasteiger partial charge < -0.3 is 15.6 Å². The number of nitrogens with zero attached hydrogens (tertiary/aromatic N) is 1. The van der Waals surface area contributed by atoms with E-state index in [2.05, 4.69) is 15.6 Å². The highest BCUT2D eigenvalue weighted by molar-refractivity contribution is 5.96. The molecule has 6 heteroatoms. The molecule has 2 fully saturated rings. The van der Waals surface area contributed by atoms with Crippen LogP contribution in [0.4, 0.5) is 5.69 Å². The van der Waals surface area contributed by atoms with Crippen LogP contribution in [0.3, 0.4) is 0 Å². The molecule has 172 valence electrons. The van der Waals surface area contributed by atoms with Gasteiger partial charge >= 0.3 is 0 Å². The predicted octanol–water partition coefficient (Wildman–Crippen LogP) is 5.81. The fraction of sp³-hybridized carbons (Fsp3) is 0.444. The number of benzene rings is 2. The lowest BCUT2D eigenvalue weighted by molar-refractivity contribution is -0.120. The van der Waals surface area contributed by atoms with Crippen LogP contribution in [0.5, 0.6) is 0 Å². The topological polar surface area (TPSA) is 86.9 Å². The molecule has 2 amide bonds. The van der Waals surface area contributed by atoms with Gasteiger partial charge in [-0.25, -0.2) is 4.98 Å². The van der Waals surface area contributed by atoms with Crippen molar-refractivity contribution >= 4 is 28.5 Å². The Morgan fingerprint density at radius 2 is 1.55 bits per heavy atom. The van der Waals surface area contributed by atoms with Crippen LogP contribution < -0.4 is 10.6 Å². The summed E-state index contributed by atoms with van der Waals surface area (Å²) >= 11 is 0. The van der Waals surface area contributed by atoms with E-state index < -0.39 is 0 Å². The summed E-state index contributed by atoms with van der Waals surface area (Å²) in [5.74, 6) is 0.986. The number of anilines is 1. The Labute approximate surface area is 194 Å². The molecule has 0 unspecified atom stereocenters. The zero-order valence-corrected chi connectivity index (χ0v) is 19.0. The summed E-state index contributed by atoms with van der Waals surface area (Å²) in [6.07, 6.45) is 11.3. The molecular weight excluding hydrogens is 412 g/mol. The van der Waals surface area contributed by atoms with E-state index in [9.17, 15) is 9.59 Å². The second-order valence-electron chi connectivity index (χ2n) is 9.53. The number of fused-ring (bicyclic) bond motifs is 1. The third kappa shape index (κ3) is 5.10. The van der Waals surface area contributed by atoms with Crippen molar-refractivity contribution in [2.45, 2.75) is 70.3 Å². The van der Waals surface area contributed by atoms with Crippen molar-refractivity contribution in [2.24, 2.45) is 5.92 Å². The van der Waals surface area contributed by atoms with Crippen molar-refractivity contribution in [2.75, 3.05) is 5.32 Å². The minimum Gasteiger partial charge on any atom is -0.349 e. The number of hydrogen-bond donors (Lipinski definition) is 3. The lowest BCUT2D eigenvalue weighted by Crippen LogP contribution is -2.32. The molecule has 3 aromatic rings. The zero-order valence-electron chi connectivity index (χ0n) is 19.0. The SMILES string of the molecule is O=C(NC1CCCC1)c1ccc(-c2nc3ccc(NC(=O)C4CCCCCC4)cc3[nH]2)cc1. The average molecular weight is 445 g/mol. The van der Waals surface area contributed by atoms with E-state index in [1.165, 1.54) is 25.7 Å². The Hall–Kier alpha value is -3.15. The minimum atomic E-state index is -0.00731. The summed E-state index contributed by atoms with van der Waals surface area (Å²) in [7, 11) is 0. The van der Waals surface area contributed by atoms with Gasteiger partial charge in [0, 0.05) is 28.8 Å². The Balaban J connectivity index is 1.27. The first-order valence-electron chi connectivity index (χ1n) is 12.4. The highest BCUT2D eigenvalue weighted by atomic mass is 16.2. The van der Waals surface area contributed by atoms with Crippen molar-refractivity contribution in [3.63, 3.8) is 0 Å². The standard InChI is InChI=1S/C27H32N4O2/c32-26(19-7-3-1-2-4-8-19)29-22-15-16-23-24(17-22)31-25(30-23)18-11-13-20(14-12-18)27(33)28-21-9-5-6-10-21/h11-17,19,21H,1-10H2,(H,28,33)(H,29,32)(H,30,31). The first-order valence-corrected chi connectivity index (χ1v) is 12.4. The summed E-state index contributed by atoms with van der Waals surface area (Å²) in [4.78, 5) is 33.2. The number of carbonyl (C=O) groups excluding carboxylic acids is 2. The molecule has 1 heterocycles. The van der Waals surface area contributed by atoms with Gasteiger partial charge in [0.05, 0.1) is 11.0 Å². The molecule has 6 nitrogen and oxygen atoms in total. The van der Waals surface area contributed by atoms with E-state index >= 15 is 0 Å². The number of carbonyl (C=O) groups is 2. The largest absolute Gasteiger partial charge is 0.349 e. The maximum Gasteiger partial charge on any atom is 0.251 e. The number of aromatic amines is 1. The number of nitrogens with one attached hydrogen (secondary N) is 3. The smallest absolute Gasteiger partial charge is 0.251 e. The molecular formula is C27H32N4O2. The molecule has 2 aromatic carbocycles. The van der Waals surface area contributed by atoms with E-state index in [-0.39, 0.29) is 17.7 Å². The Bertz CT molecular complexity index is 1120. The minimum absolute atomic E-state index is 0.00731. The van der Waals surface area contributed by atoms with Gasteiger partial charge in [0.1, 0.15) is 5.82 Å². The summed E-state index contributed by atoms with van der Waals surface area (Å²) in [6.45, 7) is 0. The van der Waals surface area contributed by atoms with Crippen molar-refractivity contribution in [3.05, 3.63) is 48.0 Å². The third-order valence-corrected chi connectivity index (χ3v) is 7.09. The second-order valence-corrected chi connectivity index (χ2v) is 9.53. The second kappa shape index (κ2) is 9.77. The summed E-state index contributed by atoms with van der Waals surface area (Å²) in [5.41, 5.74) is 4.12. The number of aromatic nitrogens is 2. The average Bonchev–Trinajstić information content (AvgIpc) is 3.41. The van der Waals surface area contributed by atoms with Gasteiger partial charge in [0.15, 0.2) is 0 Å². The van der Waals surface area contributed by atoms with E-state index in [0.29, 0.717) is 11.6 Å². The molecule has 5 rings (SSSR count). The van der Waals surface area contributed by atoms with E-state index in [0.717, 1.165) is 66.6 Å². The molecule has 0 radical (unpaired) electrons. The Kier molecular flexibility index (Phi) is 6.42. The summed E-state index contributed by atoms with van der Waals surface area (Å²) in [6, 6.07) is 13.7. The van der Waals surface area contributed by atoms with Gasteiger partial charge in [0.25, 0.3) is 5.91 Å². The normalized spacial score (nSPS) is 17.7. The number of rotatable bonds is 5. The molecule has 0 bridgehead atoms. The van der Waals surface area contributed by atoms with E-state index in [1.807, 2.05) is 42.5 Å². The van der Waals surface area contributed by atoms with Crippen LogP contribution >= 0.6 is 0 Å². The first kappa shape index (κ1) is 21.7. The fourth-order valence-electron chi connectivity index (χ4n) is 5.13. The highest BCUT2D eigenvalue weighted by Gasteiger charge is 2.21. The fourth-order valence-corrected chi connectivity index (χ4v) is 5.13. The number of H-pyrrole nitrogens is 1. The zero-order chi connectivity index (χ0) is 22.6. The quantitative estimate of drug-likeness (QED) is 0.434. The molecule has 3 N–H and O–H groups in total. The molecule has 0 spiro atoms. The molecule has 33 heavy (non-hydrogen) atoms. The van der Waals surface area contributed by atoms with Gasteiger partial charge in [-0.15, -0.1) is 0 Å². The van der Waals surface area contributed by atoms with Gasteiger partial charge in [-0.2, -0.15) is 0 Å². The number of imidazole rings is 1. The monoisotopic (exact) mass is 444 g/mol. The highest BCUT2D eigenvalue weighted by Crippen LogP contribution is 2.26. The summed E-state index contributed by atoms with van der Waals surface area (Å²) < 4.78 is 0. The molecule has 2 aliphatic rings. The lowest BCUT2D eigenvalue weighted by atomic mass is 9.99. The van der Waals surface area contributed by atoms with E-state index in [1.54, 1.807) is 0 Å². The Morgan fingerprint density at radius 3 is 2.27 bits per heavy atom. The molecule has 1 aromatic heterocycles. The van der Waals surface area contributed by atoms with Crippen molar-refractivity contribution in [1.29, 1.82) is 0 Å². The van der Waals surface area contributed by atoms with Gasteiger partial charge in [-0.05, 0) is 56.0 Å². The molecule has 2 aliphatic carbocycles. The summed E-state index contributed by atoms with van der Waals surface area (Å²) in [5, 5.41) is 6.23. The maximum atomic E-state index is 12.7. The molecule has 0 saturated heterocycles. The van der Waals surface area contributed by atoms with Crippen LogP contribution in [0, 0.1) is 5.92 Å². The van der Waals surface area contributed by atoms with Crippen LogP contribution in [0.15, 0.2) is 42.5 Å². The van der Waals surface area contributed by atoms with Gasteiger partial charge in [0.2, 0.25) is 5.91 Å². The predicted molar refractivity (Wildman–Crippen MR) is 131 cm³/mol. The van der Waals surface area contributed by atoms with Crippen LogP contribution in [0.1, 0.15) is 74.6 Å². The van der Waals surface area contributed by atoms with Crippen LogP contribution in [-0.4, -0.2) is 27.8 Å². The van der Waals surface area contributed by atoms with Crippen LogP contribution in [0.25, 0.3) is 22.4 Å². The van der Waals surface area contributed by atoms with Crippen molar-refractivity contribution < 1.29 is 9.59 Å². The van der Waals surface area contributed by atoms with E-state index in [4.69, 9.17) is 4.98 Å². The maximum absolute atomic E-state index is 12.7. The first-order chi connectivity index (χ1) is 16.2. The van der Waals surface area contributed by atoms with Crippen molar-refractivity contribution in [3.8, 4) is 11.4 Å². The van der Waals surface area contributed by atoms with Crippen molar-refractivity contribution in [1.82, 2.24) is 15.3 Å². The molecule has 2 saturated carbocycles. The number of hydrogen-bond acceptors (Lipinski definition) is 3. The van der Waals surface area contributed by atoms with Gasteiger partial charge in [-0.1, -0.05) is 50.7 Å². The van der Waals surface area contributed by atoms with Crippen LogP contribution in [0.2, 0.25) is 0 Å². The Morgan fingerprint density at radius 1 is 0.848 bits per heavy atom. The van der Waals surface area contributed by atoms with Gasteiger partial charge in [-0.3, -0.25) is 9.59 Å². The number of amides is 2. The van der Waals surface area contributed by atoms with Crippen LogP contribution in [-0.2, 0) is 4.79 Å². The third-order valence-electron chi connectivity index (χ3n) is 7.09. The lowest BCUT2D eigenvalue weighted by Gasteiger charge is -2.14.